The summed E-state index contributed by atoms with van der Waals surface area (Å²) in [5, 5.41) is 20.3. The van der Waals surface area contributed by atoms with Gasteiger partial charge in [0, 0.05) is 26.2 Å². The van der Waals surface area contributed by atoms with Gasteiger partial charge in [-0.1, -0.05) is 18.2 Å². The molecule has 2 aromatic carbocycles. The number of aromatic nitrogens is 2. The fourth-order valence-corrected chi connectivity index (χ4v) is 2.75. The van der Waals surface area contributed by atoms with Crippen LogP contribution in [-0.2, 0) is 14.1 Å². The maximum Gasteiger partial charge on any atom is 0.328 e. The summed E-state index contributed by atoms with van der Waals surface area (Å²) in [6.45, 7) is 0. The molecule has 0 aliphatic carbocycles. The molecule has 0 spiro atoms. The lowest BCUT2D eigenvalue weighted by Crippen LogP contribution is -2.19. The second-order valence-corrected chi connectivity index (χ2v) is 5.63. The van der Waals surface area contributed by atoms with Crippen molar-refractivity contribution in [1.29, 1.82) is 5.26 Å². The summed E-state index contributed by atoms with van der Waals surface area (Å²) in [5.74, 6) is 0. The van der Waals surface area contributed by atoms with E-state index in [-0.39, 0.29) is 11.4 Å². The van der Waals surface area contributed by atoms with Gasteiger partial charge in [-0.25, -0.2) is 4.79 Å². The van der Waals surface area contributed by atoms with Crippen molar-refractivity contribution in [3.63, 3.8) is 0 Å². The minimum absolute atomic E-state index is 0.0699. The molecule has 3 aromatic rings. The highest BCUT2D eigenvalue weighted by atomic mass is 16.6. The van der Waals surface area contributed by atoms with Crippen molar-refractivity contribution in [3.8, 4) is 6.07 Å². The van der Waals surface area contributed by atoms with E-state index >= 15 is 0 Å². The topological polar surface area (TPSA) is 93.9 Å². The molecule has 0 fully saturated rings. The number of rotatable bonds is 3. The highest BCUT2D eigenvalue weighted by Gasteiger charge is 2.10. The molecule has 0 atom stereocenters. The highest BCUT2D eigenvalue weighted by molar-refractivity contribution is 5.91. The fraction of sp³-hybridized carbons (Fsp3) is 0.111. The van der Waals surface area contributed by atoms with Crippen LogP contribution in [0.15, 0.2) is 47.3 Å². The number of benzene rings is 2. The van der Waals surface area contributed by atoms with E-state index in [0.717, 1.165) is 16.6 Å². The minimum atomic E-state index is -0.496. The standard InChI is InChI=1S/C18H14N4O3/c1-20-16-7-6-12(9-17(16)21(2)18(20)23)8-14(11-19)13-4-3-5-15(10-13)22(24)25/h3-10H,1-2H3/b14-8+. The molecular weight excluding hydrogens is 320 g/mol. The Morgan fingerprint density at radius 2 is 1.88 bits per heavy atom. The van der Waals surface area contributed by atoms with Gasteiger partial charge in [0.05, 0.1) is 27.6 Å². The Labute approximate surface area is 142 Å². The number of hydrogen-bond acceptors (Lipinski definition) is 4. The van der Waals surface area contributed by atoms with Gasteiger partial charge in [-0.05, 0) is 29.3 Å². The summed E-state index contributed by atoms with van der Waals surface area (Å²) in [6.07, 6.45) is 1.65. The van der Waals surface area contributed by atoms with Crippen molar-refractivity contribution in [3.05, 3.63) is 74.2 Å². The van der Waals surface area contributed by atoms with E-state index in [1.54, 1.807) is 42.9 Å². The molecule has 0 amide bonds. The van der Waals surface area contributed by atoms with Crippen LogP contribution in [-0.4, -0.2) is 14.1 Å². The number of imidazole rings is 1. The first-order valence-corrected chi connectivity index (χ1v) is 7.44. The summed E-state index contributed by atoms with van der Waals surface area (Å²) in [6, 6.07) is 13.4. The van der Waals surface area contributed by atoms with Crippen molar-refractivity contribution in [2.24, 2.45) is 14.1 Å². The van der Waals surface area contributed by atoms with Crippen LogP contribution in [0.3, 0.4) is 0 Å². The molecule has 3 rings (SSSR count). The largest absolute Gasteiger partial charge is 0.328 e. The summed E-state index contributed by atoms with van der Waals surface area (Å²) >= 11 is 0. The van der Waals surface area contributed by atoms with Gasteiger partial charge >= 0.3 is 5.69 Å². The van der Waals surface area contributed by atoms with Crippen LogP contribution in [0.2, 0.25) is 0 Å². The molecule has 0 saturated heterocycles. The van der Waals surface area contributed by atoms with Crippen LogP contribution in [0.4, 0.5) is 5.69 Å². The van der Waals surface area contributed by atoms with E-state index < -0.39 is 4.92 Å². The van der Waals surface area contributed by atoms with Gasteiger partial charge in [-0.15, -0.1) is 0 Å². The third-order valence-electron chi connectivity index (χ3n) is 4.10. The van der Waals surface area contributed by atoms with Gasteiger partial charge in [0.15, 0.2) is 0 Å². The summed E-state index contributed by atoms with van der Waals surface area (Å²) in [5.41, 5.74) is 2.85. The zero-order valence-electron chi connectivity index (χ0n) is 13.6. The lowest BCUT2D eigenvalue weighted by atomic mass is 10.0. The molecule has 124 valence electrons. The lowest BCUT2D eigenvalue weighted by molar-refractivity contribution is -0.384. The Kier molecular flexibility index (Phi) is 3.95. The van der Waals surface area contributed by atoms with Crippen molar-refractivity contribution in [1.82, 2.24) is 9.13 Å². The molecule has 0 N–H and O–H groups in total. The number of nitro benzene ring substituents is 1. The molecule has 7 heteroatoms. The van der Waals surface area contributed by atoms with Gasteiger partial charge < -0.3 is 0 Å². The monoisotopic (exact) mass is 334 g/mol. The van der Waals surface area contributed by atoms with Crippen molar-refractivity contribution in [2.45, 2.75) is 0 Å². The number of hydrogen-bond donors (Lipinski definition) is 0. The maximum atomic E-state index is 12.0. The molecule has 1 aromatic heterocycles. The number of nitro groups is 1. The first-order chi connectivity index (χ1) is 11.9. The van der Waals surface area contributed by atoms with Crippen molar-refractivity contribution in [2.75, 3.05) is 0 Å². The Morgan fingerprint density at radius 1 is 1.16 bits per heavy atom. The van der Waals surface area contributed by atoms with E-state index in [0.29, 0.717) is 11.1 Å². The van der Waals surface area contributed by atoms with E-state index in [4.69, 9.17) is 0 Å². The Bertz CT molecular complexity index is 1130. The molecule has 0 aliphatic heterocycles. The molecule has 0 radical (unpaired) electrons. The van der Waals surface area contributed by atoms with Crippen LogP contribution < -0.4 is 5.69 Å². The Hall–Kier alpha value is -3.66. The zero-order chi connectivity index (χ0) is 18.1. The number of nitriles is 1. The number of fused-ring (bicyclic) bond motifs is 1. The van der Waals surface area contributed by atoms with Crippen LogP contribution >= 0.6 is 0 Å². The van der Waals surface area contributed by atoms with Gasteiger partial charge in [-0.2, -0.15) is 5.26 Å². The SMILES string of the molecule is Cn1c(=O)n(C)c2cc(/C=C(\C#N)c3cccc([N+](=O)[O-])c3)ccc21. The third kappa shape index (κ3) is 2.81. The second-order valence-electron chi connectivity index (χ2n) is 5.63. The van der Waals surface area contributed by atoms with Gasteiger partial charge in [-0.3, -0.25) is 19.2 Å². The zero-order valence-corrected chi connectivity index (χ0v) is 13.6. The van der Waals surface area contributed by atoms with E-state index in [2.05, 4.69) is 6.07 Å². The Balaban J connectivity index is 2.12. The summed E-state index contributed by atoms with van der Waals surface area (Å²) in [4.78, 5) is 22.4. The summed E-state index contributed by atoms with van der Waals surface area (Å²) < 4.78 is 3.08. The van der Waals surface area contributed by atoms with Crippen molar-refractivity contribution < 1.29 is 4.92 Å². The molecule has 1 heterocycles. The van der Waals surface area contributed by atoms with Gasteiger partial charge in [0.2, 0.25) is 0 Å². The molecule has 7 nitrogen and oxygen atoms in total. The normalized spacial score (nSPS) is 11.5. The number of allylic oxidation sites excluding steroid dienone is 1. The molecule has 25 heavy (non-hydrogen) atoms. The third-order valence-corrected chi connectivity index (χ3v) is 4.10. The lowest BCUT2D eigenvalue weighted by Gasteiger charge is -2.02. The smallest absolute Gasteiger partial charge is 0.295 e. The number of nitrogens with zero attached hydrogens (tertiary/aromatic N) is 4. The molecule has 0 saturated carbocycles. The first kappa shape index (κ1) is 16.2. The molecule has 0 unspecified atom stereocenters. The average molecular weight is 334 g/mol. The second kappa shape index (κ2) is 6.09. The fourth-order valence-electron chi connectivity index (χ4n) is 2.75. The highest BCUT2D eigenvalue weighted by Crippen LogP contribution is 2.23. The van der Waals surface area contributed by atoms with E-state index in [1.165, 1.54) is 16.7 Å². The van der Waals surface area contributed by atoms with Crippen molar-refractivity contribution >= 4 is 28.4 Å². The van der Waals surface area contributed by atoms with E-state index in [1.807, 2.05) is 12.1 Å². The van der Waals surface area contributed by atoms with Crippen LogP contribution in [0, 0.1) is 21.4 Å². The molecule has 0 bridgehead atoms. The predicted molar refractivity (Wildman–Crippen MR) is 94.7 cm³/mol. The average Bonchev–Trinajstić information content (AvgIpc) is 2.84. The summed E-state index contributed by atoms with van der Waals surface area (Å²) in [7, 11) is 3.38. The van der Waals surface area contributed by atoms with Crippen LogP contribution in [0.25, 0.3) is 22.7 Å². The predicted octanol–water partition coefficient (Wildman–Crippen LogP) is 2.85. The molecular formula is C18H14N4O3. The first-order valence-electron chi connectivity index (χ1n) is 7.44. The number of non-ortho nitro benzene ring substituents is 1. The minimum Gasteiger partial charge on any atom is -0.295 e. The molecule has 0 aliphatic rings. The quantitative estimate of drug-likeness (QED) is 0.318. The Morgan fingerprint density at radius 3 is 2.56 bits per heavy atom. The number of aryl methyl sites for hydroxylation is 2. The van der Waals surface area contributed by atoms with Crippen LogP contribution in [0.1, 0.15) is 11.1 Å². The van der Waals surface area contributed by atoms with Gasteiger partial charge in [0.1, 0.15) is 0 Å². The van der Waals surface area contributed by atoms with E-state index in [9.17, 15) is 20.2 Å². The van der Waals surface area contributed by atoms with Gasteiger partial charge in [0.25, 0.3) is 5.69 Å². The van der Waals surface area contributed by atoms with Crippen LogP contribution in [0.5, 0.6) is 0 Å². The maximum absolute atomic E-state index is 12.0.